The number of aromatic carboxylic acids is 1. The number of carboxylic acid groups (broad SMARTS) is 1. The van der Waals surface area contributed by atoms with Gasteiger partial charge in [0.1, 0.15) is 11.5 Å². The summed E-state index contributed by atoms with van der Waals surface area (Å²) in [7, 11) is 0. The molecule has 3 aromatic carbocycles. The fourth-order valence-electron chi connectivity index (χ4n) is 3.26. The van der Waals surface area contributed by atoms with Gasteiger partial charge >= 0.3 is 5.97 Å². The lowest BCUT2D eigenvalue weighted by Gasteiger charge is -2.22. The molecule has 26 heavy (non-hydrogen) atoms. The van der Waals surface area contributed by atoms with Gasteiger partial charge in [0.15, 0.2) is 0 Å². The lowest BCUT2D eigenvalue weighted by Crippen LogP contribution is -2.20. The number of hydrogen-bond donors (Lipinski definition) is 2. The zero-order valence-electron chi connectivity index (χ0n) is 13.9. The predicted octanol–water partition coefficient (Wildman–Crippen LogP) is 2.64. The van der Waals surface area contributed by atoms with Gasteiger partial charge in [-0.3, -0.25) is 0 Å². The molecule has 4 heteroatoms. The molecule has 4 nitrogen and oxygen atoms in total. The van der Waals surface area contributed by atoms with Crippen molar-refractivity contribution in [2.75, 3.05) is 0 Å². The zero-order chi connectivity index (χ0) is 18.3. The third-order valence-electron chi connectivity index (χ3n) is 4.46. The molecule has 128 valence electrons. The van der Waals surface area contributed by atoms with Gasteiger partial charge in [0.2, 0.25) is 0 Å². The Kier molecular flexibility index (Phi) is 3.82. The summed E-state index contributed by atoms with van der Waals surface area (Å²) in [6.07, 6.45) is 0. The Morgan fingerprint density at radius 2 is 1.77 bits per heavy atom. The Bertz CT molecular complexity index is 1150. The number of aliphatic hydroxyl groups excluding tert-OH is 1. The van der Waals surface area contributed by atoms with Crippen LogP contribution in [0.15, 0.2) is 60.7 Å². The third-order valence-corrected chi connectivity index (χ3v) is 4.46. The number of benzene rings is 3. The van der Waals surface area contributed by atoms with Crippen LogP contribution in [0, 0.1) is 0 Å². The quantitative estimate of drug-likeness (QED) is 0.600. The number of aliphatic hydroxyl groups is 1. The van der Waals surface area contributed by atoms with Crippen LogP contribution in [0.5, 0.6) is 11.5 Å². The fourth-order valence-corrected chi connectivity index (χ4v) is 3.26. The van der Waals surface area contributed by atoms with E-state index in [0.717, 1.165) is 27.1 Å². The molecule has 2 N–H and O–H groups in total. The molecule has 3 aromatic rings. The molecule has 4 rings (SSSR count). The second-order valence-corrected chi connectivity index (χ2v) is 6.15. The highest BCUT2D eigenvalue weighted by atomic mass is 16.5. The van der Waals surface area contributed by atoms with Crippen molar-refractivity contribution < 1.29 is 19.7 Å². The molecule has 0 aromatic heterocycles. The van der Waals surface area contributed by atoms with Gasteiger partial charge in [-0.1, -0.05) is 49.0 Å². The Hall–Kier alpha value is -3.37. The first-order valence-corrected chi connectivity index (χ1v) is 8.16. The van der Waals surface area contributed by atoms with Crippen LogP contribution in [0.3, 0.4) is 0 Å². The Morgan fingerprint density at radius 1 is 0.962 bits per heavy atom. The second kappa shape index (κ2) is 6.17. The topological polar surface area (TPSA) is 66.8 Å². The van der Waals surface area contributed by atoms with Gasteiger partial charge in [-0.05, 0) is 34.5 Å². The lowest BCUT2D eigenvalue weighted by molar-refractivity contribution is 0.0696. The van der Waals surface area contributed by atoms with E-state index < -0.39 is 5.97 Å². The number of carboxylic acids is 1. The Balaban J connectivity index is 2.13. The fraction of sp³-hybridized carbons (Fsp3) is 0.0455. The molecule has 0 fully saturated rings. The highest BCUT2D eigenvalue weighted by Crippen LogP contribution is 2.37. The van der Waals surface area contributed by atoms with Crippen molar-refractivity contribution in [2.45, 2.75) is 6.61 Å². The molecule has 0 amide bonds. The van der Waals surface area contributed by atoms with E-state index in [0.29, 0.717) is 17.1 Å². The normalized spacial score (nSPS) is 12.1. The van der Waals surface area contributed by atoms with E-state index in [1.165, 1.54) is 0 Å². The summed E-state index contributed by atoms with van der Waals surface area (Å²) >= 11 is 0. The maximum atomic E-state index is 11.8. The molecule has 0 aliphatic carbocycles. The average molecular weight is 344 g/mol. The molecule has 0 saturated heterocycles. The molecular weight excluding hydrogens is 328 g/mol. The van der Waals surface area contributed by atoms with E-state index in [1.807, 2.05) is 36.4 Å². The number of hydrogen-bond acceptors (Lipinski definition) is 3. The highest BCUT2D eigenvalue weighted by molar-refractivity contribution is 5.98. The van der Waals surface area contributed by atoms with Crippen LogP contribution in [-0.4, -0.2) is 16.2 Å². The Labute approximate surface area is 149 Å². The van der Waals surface area contributed by atoms with Crippen LogP contribution in [0.4, 0.5) is 0 Å². The van der Waals surface area contributed by atoms with E-state index in [4.69, 9.17) is 4.74 Å². The van der Waals surface area contributed by atoms with Crippen LogP contribution in [-0.2, 0) is 6.61 Å². The molecule has 1 heterocycles. The van der Waals surface area contributed by atoms with E-state index in [-0.39, 0.29) is 12.2 Å². The van der Waals surface area contributed by atoms with Gasteiger partial charge in [0, 0.05) is 16.4 Å². The maximum absolute atomic E-state index is 11.8. The number of rotatable bonds is 3. The van der Waals surface area contributed by atoms with Gasteiger partial charge in [-0.2, -0.15) is 0 Å². The summed E-state index contributed by atoms with van der Waals surface area (Å²) in [4.78, 5) is 11.8. The standard InChI is InChI=1S/C22H16O4/c1-13-6-8-17-19(10-13)26-20-11-14(12-23)7-9-18(20)21(17)15-4-2-3-5-16(15)22(24)25/h2-11,23H,1,12H2,(H,24,25). The number of ether oxygens (including phenoxy) is 1. The van der Waals surface area contributed by atoms with Crippen LogP contribution in [0.25, 0.3) is 12.2 Å². The van der Waals surface area contributed by atoms with Crippen molar-refractivity contribution in [3.05, 3.63) is 93.4 Å². The van der Waals surface area contributed by atoms with Crippen molar-refractivity contribution in [3.63, 3.8) is 0 Å². The lowest BCUT2D eigenvalue weighted by atomic mass is 9.89. The van der Waals surface area contributed by atoms with Gasteiger partial charge < -0.3 is 14.9 Å². The minimum Gasteiger partial charge on any atom is -0.478 e. The first-order chi connectivity index (χ1) is 12.6. The largest absolute Gasteiger partial charge is 0.478 e. The van der Waals surface area contributed by atoms with Gasteiger partial charge in [0.25, 0.3) is 0 Å². The molecule has 0 bridgehead atoms. The summed E-state index contributed by atoms with van der Waals surface area (Å²) in [5.41, 5.74) is 3.17. The van der Waals surface area contributed by atoms with E-state index in [9.17, 15) is 15.0 Å². The molecule has 0 atom stereocenters. The van der Waals surface area contributed by atoms with Crippen molar-refractivity contribution in [1.29, 1.82) is 0 Å². The summed E-state index contributed by atoms with van der Waals surface area (Å²) in [6, 6.07) is 18.0. The minimum absolute atomic E-state index is 0.0973. The molecular formula is C22H16O4. The van der Waals surface area contributed by atoms with Crippen LogP contribution < -0.4 is 15.2 Å². The van der Waals surface area contributed by atoms with E-state index >= 15 is 0 Å². The smallest absolute Gasteiger partial charge is 0.336 e. The first kappa shape index (κ1) is 16.1. The van der Waals surface area contributed by atoms with E-state index in [1.54, 1.807) is 24.3 Å². The summed E-state index contributed by atoms with van der Waals surface area (Å²) in [5.74, 6) is 0.226. The monoisotopic (exact) mass is 344 g/mol. The first-order valence-electron chi connectivity index (χ1n) is 8.16. The maximum Gasteiger partial charge on any atom is 0.336 e. The molecule has 0 saturated carbocycles. The van der Waals surface area contributed by atoms with Gasteiger partial charge in [-0.25, -0.2) is 4.79 Å². The van der Waals surface area contributed by atoms with Crippen molar-refractivity contribution in [3.8, 4) is 11.5 Å². The third kappa shape index (κ3) is 2.57. The number of carbonyl (C=O) groups is 1. The molecule has 1 aliphatic heterocycles. The minimum atomic E-state index is -0.983. The van der Waals surface area contributed by atoms with Crippen molar-refractivity contribution in [2.24, 2.45) is 0 Å². The van der Waals surface area contributed by atoms with Crippen LogP contribution >= 0.6 is 0 Å². The number of fused-ring (bicyclic) bond motifs is 2. The van der Waals surface area contributed by atoms with Crippen LogP contribution in [0.1, 0.15) is 27.0 Å². The van der Waals surface area contributed by atoms with Crippen LogP contribution in [0.2, 0.25) is 0 Å². The summed E-state index contributed by atoms with van der Waals surface area (Å²) in [5, 5.41) is 20.7. The van der Waals surface area contributed by atoms with Crippen molar-refractivity contribution in [1.82, 2.24) is 0 Å². The summed E-state index contributed by atoms with van der Waals surface area (Å²) < 4.78 is 6.03. The zero-order valence-corrected chi connectivity index (χ0v) is 13.9. The van der Waals surface area contributed by atoms with Gasteiger partial charge in [-0.15, -0.1) is 0 Å². The van der Waals surface area contributed by atoms with Gasteiger partial charge in [0.05, 0.1) is 12.2 Å². The second-order valence-electron chi connectivity index (χ2n) is 6.15. The average Bonchev–Trinajstić information content (AvgIpc) is 2.65. The highest BCUT2D eigenvalue weighted by Gasteiger charge is 2.23. The van der Waals surface area contributed by atoms with E-state index in [2.05, 4.69) is 6.58 Å². The molecule has 0 spiro atoms. The SMILES string of the molecule is C=c1ccc2c(c1)Oc1cc(CO)ccc1C=2c1ccccc1C(=O)O. The Morgan fingerprint density at radius 3 is 2.54 bits per heavy atom. The van der Waals surface area contributed by atoms with Crippen molar-refractivity contribution >= 4 is 18.1 Å². The molecule has 0 unspecified atom stereocenters. The summed E-state index contributed by atoms with van der Waals surface area (Å²) in [6.45, 7) is 3.84. The predicted molar refractivity (Wildman–Crippen MR) is 98.7 cm³/mol. The molecule has 1 aliphatic rings. The molecule has 0 radical (unpaired) electrons.